The number of amides is 1. The fourth-order valence-corrected chi connectivity index (χ4v) is 3.09. The van der Waals surface area contributed by atoms with Crippen LogP contribution in [0.3, 0.4) is 0 Å². The molecule has 1 aromatic heterocycles. The lowest BCUT2D eigenvalue weighted by molar-refractivity contribution is 0.0675. The summed E-state index contributed by atoms with van der Waals surface area (Å²) in [4.78, 5) is 14.3. The Labute approximate surface area is 140 Å². The molecule has 7 heteroatoms. The number of benzene rings is 1. The second-order valence-corrected chi connectivity index (χ2v) is 6.42. The van der Waals surface area contributed by atoms with Crippen molar-refractivity contribution in [2.45, 2.75) is 32.4 Å². The lowest BCUT2D eigenvalue weighted by Crippen LogP contribution is -2.42. The van der Waals surface area contributed by atoms with E-state index in [1.54, 1.807) is 21.8 Å². The van der Waals surface area contributed by atoms with E-state index >= 15 is 0 Å². The second kappa shape index (κ2) is 7.09. The number of piperidine rings is 1. The first-order valence-electron chi connectivity index (χ1n) is 8.22. The maximum atomic E-state index is 13.2. The predicted molar refractivity (Wildman–Crippen MR) is 87.8 cm³/mol. The van der Waals surface area contributed by atoms with Gasteiger partial charge in [-0.2, -0.15) is 0 Å². The highest BCUT2D eigenvalue weighted by Gasteiger charge is 2.26. The third-order valence-corrected chi connectivity index (χ3v) is 4.56. The number of hydrogen-bond acceptors (Lipinski definition) is 4. The van der Waals surface area contributed by atoms with Gasteiger partial charge in [-0.25, -0.2) is 9.07 Å². The highest BCUT2D eigenvalue weighted by molar-refractivity contribution is 5.92. The fourth-order valence-electron chi connectivity index (χ4n) is 3.09. The van der Waals surface area contributed by atoms with Crippen molar-refractivity contribution in [2.24, 2.45) is 11.7 Å². The first-order valence-corrected chi connectivity index (χ1v) is 8.22. The van der Waals surface area contributed by atoms with Crippen molar-refractivity contribution in [1.29, 1.82) is 0 Å². The molecular formula is C17H22FN5O. The highest BCUT2D eigenvalue weighted by Crippen LogP contribution is 2.20. The standard InChI is InChI=1S/C17H22FN5O/c1-12(19)14-5-7-22(8-6-14)17(24)16-11-23(21-20-16)10-13-3-2-4-15(18)9-13/h2-4,9,11-12,14H,5-8,10,19H2,1H3. The van der Waals surface area contributed by atoms with E-state index in [9.17, 15) is 9.18 Å². The Bertz CT molecular complexity index is 707. The van der Waals surface area contributed by atoms with Gasteiger partial charge in [-0.1, -0.05) is 17.3 Å². The van der Waals surface area contributed by atoms with E-state index in [1.165, 1.54) is 12.1 Å². The molecule has 2 N–H and O–H groups in total. The average molecular weight is 331 g/mol. The van der Waals surface area contributed by atoms with Crippen molar-refractivity contribution in [3.8, 4) is 0 Å². The number of hydrogen-bond donors (Lipinski definition) is 1. The topological polar surface area (TPSA) is 77.0 Å². The molecule has 1 saturated heterocycles. The van der Waals surface area contributed by atoms with Gasteiger partial charge in [0.2, 0.25) is 0 Å². The molecule has 2 heterocycles. The molecular weight excluding hydrogens is 309 g/mol. The van der Waals surface area contributed by atoms with E-state index < -0.39 is 0 Å². The van der Waals surface area contributed by atoms with Crippen LogP contribution in [0.4, 0.5) is 4.39 Å². The van der Waals surface area contributed by atoms with Gasteiger partial charge >= 0.3 is 0 Å². The smallest absolute Gasteiger partial charge is 0.276 e. The minimum absolute atomic E-state index is 0.108. The van der Waals surface area contributed by atoms with Crippen LogP contribution in [0, 0.1) is 11.7 Å². The van der Waals surface area contributed by atoms with E-state index in [2.05, 4.69) is 10.3 Å². The van der Waals surface area contributed by atoms with Crippen molar-refractivity contribution in [3.63, 3.8) is 0 Å². The summed E-state index contributed by atoms with van der Waals surface area (Å²) in [5, 5.41) is 7.94. The van der Waals surface area contributed by atoms with Crippen LogP contribution < -0.4 is 5.73 Å². The first-order chi connectivity index (χ1) is 11.5. The molecule has 128 valence electrons. The summed E-state index contributed by atoms with van der Waals surface area (Å²) in [5.74, 6) is 0.0715. The van der Waals surface area contributed by atoms with Crippen LogP contribution in [0.25, 0.3) is 0 Å². The Kier molecular flexibility index (Phi) is 4.89. The summed E-state index contributed by atoms with van der Waals surface area (Å²) in [7, 11) is 0. The fraction of sp³-hybridized carbons (Fsp3) is 0.471. The number of carbonyl (C=O) groups is 1. The number of nitrogens with two attached hydrogens (primary N) is 1. The summed E-state index contributed by atoms with van der Waals surface area (Å²) in [6.45, 7) is 3.79. The minimum atomic E-state index is -0.291. The molecule has 6 nitrogen and oxygen atoms in total. The zero-order chi connectivity index (χ0) is 17.1. The van der Waals surface area contributed by atoms with Crippen LogP contribution in [0.15, 0.2) is 30.5 Å². The SMILES string of the molecule is CC(N)C1CCN(C(=O)c2cn(Cc3cccc(F)c3)nn2)CC1. The van der Waals surface area contributed by atoms with Gasteiger partial charge in [-0.15, -0.1) is 5.10 Å². The van der Waals surface area contributed by atoms with Crippen LogP contribution in [0.1, 0.15) is 35.8 Å². The number of rotatable bonds is 4. The quantitative estimate of drug-likeness (QED) is 0.924. The van der Waals surface area contributed by atoms with Crippen molar-refractivity contribution < 1.29 is 9.18 Å². The number of nitrogens with zero attached hydrogens (tertiary/aromatic N) is 4. The maximum absolute atomic E-state index is 13.2. The zero-order valence-corrected chi connectivity index (χ0v) is 13.7. The molecule has 0 saturated carbocycles. The van der Waals surface area contributed by atoms with Crippen LogP contribution in [-0.4, -0.2) is 44.9 Å². The van der Waals surface area contributed by atoms with E-state index in [0.717, 1.165) is 18.4 Å². The van der Waals surface area contributed by atoms with E-state index in [0.29, 0.717) is 31.2 Å². The van der Waals surface area contributed by atoms with Gasteiger partial charge in [0, 0.05) is 19.1 Å². The Hall–Kier alpha value is -2.28. The van der Waals surface area contributed by atoms with Crippen molar-refractivity contribution in [2.75, 3.05) is 13.1 Å². The van der Waals surface area contributed by atoms with Gasteiger partial charge in [-0.3, -0.25) is 4.79 Å². The molecule has 1 unspecified atom stereocenters. The van der Waals surface area contributed by atoms with Gasteiger partial charge in [-0.05, 0) is 43.4 Å². The summed E-state index contributed by atoms with van der Waals surface area (Å²) >= 11 is 0. The van der Waals surface area contributed by atoms with Crippen molar-refractivity contribution in [3.05, 3.63) is 47.5 Å². The van der Waals surface area contributed by atoms with Crippen molar-refractivity contribution >= 4 is 5.91 Å². The highest BCUT2D eigenvalue weighted by atomic mass is 19.1. The lowest BCUT2D eigenvalue weighted by atomic mass is 9.91. The molecule has 0 radical (unpaired) electrons. The number of halogens is 1. The molecule has 0 bridgehead atoms. The number of likely N-dealkylation sites (tertiary alicyclic amines) is 1. The molecule has 1 fully saturated rings. The monoisotopic (exact) mass is 331 g/mol. The normalized spacial score (nSPS) is 17.0. The molecule has 0 aliphatic carbocycles. The minimum Gasteiger partial charge on any atom is -0.337 e. The maximum Gasteiger partial charge on any atom is 0.276 e. The second-order valence-electron chi connectivity index (χ2n) is 6.42. The largest absolute Gasteiger partial charge is 0.337 e. The molecule has 3 rings (SSSR count). The molecule has 0 spiro atoms. The van der Waals surface area contributed by atoms with Crippen molar-refractivity contribution in [1.82, 2.24) is 19.9 Å². The summed E-state index contributed by atoms with van der Waals surface area (Å²) in [5.41, 5.74) is 7.03. The van der Waals surface area contributed by atoms with Gasteiger partial charge in [0.25, 0.3) is 5.91 Å². The molecule has 1 aliphatic rings. The van der Waals surface area contributed by atoms with Gasteiger partial charge < -0.3 is 10.6 Å². The Morgan fingerprint density at radius 2 is 2.17 bits per heavy atom. The third-order valence-electron chi connectivity index (χ3n) is 4.56. The molecule has 1 aliphatic heterocycles. The van der Waals surface area contributed by atoms with Crippen LogP contribution in [0.2, 0.25) is 0 Å². The Morgan fingerprint density at radius 3 is 2.83 bits per heavy atom. The molecule has 24 heavy (non-hydrogen) atoms. The van der Waals surface area contributed by atoms with Crippen LogP contribution in [-0.2, 0) is 6.54 Å². The molecule has 2 aromatic rings. The first kappa shape index (κ1) is 16.6. The van der Waals surface area contributed by atoms with Gasteiger partial charge in [0.05, 0.1) is 12.7 Å². The third kappa shape index (κ3) is 3.79. The van der Waals surface area contributed by atoms with E-state index in [4.69, 9.17) is 5.73 Å². The van der Waals surface area contributed by atoms with E-state index in [1.807, 2.05) is 13.0 Å². The Balaban J connectivity index is 1.62. The van der Waals surface area contributed by atoms with Crippen LogP contribution >= 0.6 is 0 Å². The Morgan fingerprint density at radius 1 is 1.42 bits per heavy atom. The summed E-state index contributed by atoms with van der Waals surface area (Å²) < 4.78 is 14.8. The molecule has 1 atom stereocenters. The van der Waals surface area contributed by atoms with Gasteiger partial charge in [0.1, 0.15) is 5.82 Å². The summed E-state index contributed by atoms with van der Waals surface area (Å²) in [6.07, 6.45) is 3.45. The van der Waals surface area contributed by atoms with Gasteiger partial charge in [0.15, 0.2) is 5.69 Å². The number of carbonyl (C=O) groups excluding carboxylic acids is 1. The molecule has 1 amide bonds. The number of aromatic nitrogens is 3. The summed E-state index contributed by atoms with van der Waals surface area (Å²) in [6, 6.07) is 6.46. The van der Waals surface area contributed by atoms with Crippen LogP contribution in [0.5, 0.6) is 0 Å². The predicted octanol–water partition coefficient (Wildman–Crippen LogP) is 1.66. The lowest BCUT2D eigenvalue weighted by Gasteiger charge is -2.33. The average Bonchev–Trinajstić information content (AvgIpc) is 3.02. The molecule has 1 aromatic carbocycles. The van der Waals surface area contributed by atoms with E-state index in [-0.39, 0.29) is 17.8 Å². The zero-order valence-electron chi connectivity index (χ0n) is 13.7.